The maximum Gasteiger partial charge on any atom is 0.179 e. The largest absolute Gasteiger partial charge is 0.491 e. The van der Waals surface area contributed by atoms with Gasteiger partial charge >= 0.3 is 0 Å². The van der Waals surface area contributed by atoms with Gasteiger partial charge in [0, 0.05) is 0 Å². The first-order chi connectivity index (χ1) is 1.91. The maximum atomic E-state index is 4.41. The minimum Gasteiger partial charge on any atom is -0.491 e. The van der Waals surface area contributed by atoms with Crippen LogP contribution in [0.4, 0.5) is 0 Å². The summed E-state index contributed by atoms with van der Waals surface area (Å²) in [5, 5.41) is 0. The summed E-state index contributed by atoms with van der Waals surface area (Å²) < 4.78 is 3.81. The van der Waals surface area contributed by atoms with Gasteiger partial charge in [0.2, 0.25) is 0 Å². The predicted octanol–water partition coefficient (Wildman–Crippen LogP) is 0.815. The molecule has 0 aromatic rings. The van der Waals surface area contributed by atoms with Crippen LogP contribution in [-0.4, -0.2) is 0 Å². The number of rotatable bonds is 1. The Kier molecular flexibility index (Phi) is 2.25. The van der Waals surface area contributed by atoms with Crippen molar-refractivity contribution in [2.75, 3.05) is 0 Å². The van der Waals surface area contributed by atoms with Crippen molar-refractivity contribution in [3.05, 3.63) is 20.0 Å². The van der Waals surface area contributed by atoms with Crippen LogP contribution < -0.4 is 0 Å². The van der Waals surface area contributed by atoms with Crippen LogP contribution in [0.25, 0.3) is 0 Å². The molecule has 0 N–H and O–H groups in total. The third-order valence-electron chi connectivity index (χ3n) is 0.0962. The van der Waals surface area contributed by atoms with Crippen molar-refractivity contribution < 1.29 is 4.74 Å². The summed E-state index contributed by atoms with van der Waals surface area (Å²) in [5.41, 5.74) is 0. The van der Waals surface area contributed by atoms with Crippen LogP contribution in [0, 0.1) is 7.11 Å². The Balaban J connectivity index is 2.30. The molecule has 0 aliphatic heterocycles. The Morgan fingerprint density at radius 1 is 2.00 bits per heavy atom. The van der Waals surface area contributed by atoms with Gasteiger partial charge in [-0.15, -0.1) is 0 Å². The minimum absolute atomic E-state index is 1.15. The highest BCUT2D eigenvalue weighted by atomic mass is 16.5. The Morgan fingerprint density at radius 3 is 2.25 bits per heavy atom. The maximum absolute atomic E-state index is 4.41. The molecule has 0 saturated heterocycles. The van der Waals surface area contributed by atoms with E-state index in [1.807, 2.05) is 0 Å². The Morgan fingerprint density at radius 2 is 2.25 bits per heavy atom. The molecule has 22 valence electrons. The van der Waals surface area contributed by atoms with E-state index in [9.17, 15) is 0 Å². The summed E-state index contributed by atoms with van der Waals surface area (Å²) in [6.45, 7) is 3.13. The fourth-order valence-corrected chi connectivity index (χ4v) is 0. The third-order valence-corrected chi connectivity index (χ3v) is 0.0962. The summed E-state index contributed by atoms with van der Waals surface area (Å²) in [7, 11) is 4.41. The molecule has 0 saturated carbocycles. The zero-order valence-corrected chi connectivity index (χ0v) is 2.27. The van der Waals surface area contributed by atoms with Crippen molar-refractivity contribution in [2.24, 2.45) is 0 Å². The lowest BCUT2D eigenvalue weighted by atomic mass is 11.2. The van der Waals surface area contributed by atoms with Crippen LogP contribution in [0.5, 0.6) is 0 Å². The van der Waals surface area contributed by atoms with E-state index >= 15 is 0 Å². The molecule has 0 atom stereocenters. The lowest BCUT2D eigenvalue weighted by Gasteiger charge is -1.70. The van der Waals surface area contributed by atoms with Gasteiger partial charge in [0.05, 0.1) is 6.26 Å². The minimum atomic E-state index is 1.15. The van der Waals surface area contributed by atoms with Gasteiger partial charge in [-0.3, -0.25) is 0 Å². The van der Waals surface area contributed by atoms with E-state index in [1.165, 1.54) is 0 Å². The van der Waals surface area contributed by atoms with Gasteiger partial charge < -0.3 is 4.74 Å². The SMILES string of the molecule is [CH]OC=C. The highest BCUT2D eigenvalue weighted by molar-refractivity contribution is 4.45. The van der Waals surface area contributed by atoms with Gasteiger partial charge in [-0.2, -0.15) is 0 Å². The fraction of sp³-hybridized carbons (Fsp3) is 0. The first kappa shape index (κ1) is 3.54. The average Bonchev–Trinajstić information content (AvgIpc) is 1.37. The Bertz CT molecular complexity index is 17.2. The molecule has 0 aromatic heterocycles. The van der Waals surface area contributed by atoms with Gasteiger partial charge in [0.15, 0.2) is 7.11 Å². The first-order valence-electron chi connectivity index (χ1n) is 0.880. The van der Waals surface area contributed by atoms with Crippen molar-refractivity contribution >= 4 is 0 Å². The zero-order valence-electron chi connectivity index (χ0n) is 2.27. The topological polar surface area (TPSA) is 9.23 Å². The van der Waals surface area contributed by atoms with E-state index in [1.54, 1.807) is 0 Å². The summed E-state index contributed by atoms with van der Waals surface area (Å²) >= 11 is 0. The highest BCUT2D eigenvalue weighted by Gasteiger charge is 1.38. The second-order valence-corrected chi connectivity index (χ2v) is 0.303. The van der Waals surface area contributed by atoms with Crippen molar-refractivity contribution in [1.29, 1.82) is 0 Å². The van der Waals surface area contributed by atoms with E-state index in [-0.39, 0.29) is 0 Å². The molecule has 0 aliphatic rings. The van der Waals surface area contributed by atoms with Gasteiger partial charge in [-0.1, -0.05) is 6.58 Å². The number of ether oxygens (including phenoxy) is 1. The van der Waals surface area contributed by atoms with Crippen molar-refractivity contribution in [3.8, 4) is 0 Å². The van der Waals surface area contributed by atoms with Crippen LogP contribution in [0.2, 0.25) is 0 Å². The molecule has 1 nitrogen and oxygen atoms in total. The molecule has 0 aliphatic carbocycles. The van der Waals surface area contributed by atoms with Crippen molar-refractivity contribution in [2.45, 2.75) is 0 Å². The van der Waals surface area contributed by atoms with Crippen LogP contribution >= 0.6 is 0 Å². The summed E-state index contributed by atoms with van der Waals surface area (Å²) in [4.78, 5) is 0. The molecule has 0 bridgehead atoms. The van der Waals surface area contributed by atoms with E-state index in [0.29, 0.717) is 0 Å². The fourth-order valence-electron chi connectivity index (χ4n) is 0. The normalized spacial score (nSPS) is 5.25. The van der Waals surface area contributed by atoms with Gasteiger partial charge in [0.25, 0.3) is 0 Å². The number of hydrogen-bond donors (Lipinski definition) is 0. The predicted molar refractivity (Wildman–Crippen MR) is 15.6 cm³/mol. The molecule has 0 rings (SSSR count). The lowest BCUT2D eigenvalue weighted by Crippen LogP contribution is -1.47. The quantitative estimate of drug-likeness (QED) is 0.404. The smallest absolute Gasteiger partial charge is 0.179 e. The van der Waals surface area contributed by atoms with Crippen LogP contribution in [0.3, 0.4) is 0 Å². The molecule has 0 aromatic carbocycles. The second-order valence-electron chi connectivity index (χ2n) is 0.303. The Labute approximate surface area is 25.9 Å². The molecule has 0 fully saturated rings. The van der Waals surface area contributed by atoms with Crippen molar-refractivity contribution in [3.63, 3.8) is 0 Å². The van der Waals surface area contributed by atoms with Gasteiger partial charge in [0.1, 0.15) is 0 Å². The lowest BCUT2D eigenvalue weighted by molar-refractivity contribution is 0.396. The Hall–Kier alpha value is -0.460. The molecule has 0 heterocycles. The standard InChI is InChI=1S/C3H4O/c1-3-4-2/h2-3H,1H2. The average molecular weight is 56.1 g/mol. The molecular weight excluding hydrogens is 52.0 g/mol. The summed E-state index contributed by atoms with van der Waals surface area (Å²) in [6.07, 6.45) is 1.15. The van der Waals surface area contributed by atoms with E-state index in [4.69, 9.17) is 0 Å². The molecule has 0 amide bonds. The second kappa shape index (κ2) is 2.54. The van der Waals surface area contributed by atoms with E-state index in [2.05, 4.69) is 18.4 Å². The molecule has 0 unspecified atom stereocenters. The van der Waals surface area contributed by atoms with E-state index in [0.717, 1.165) is 6.26 Å². The van der Waals surface area contributed by atoms with E-state index < -0.39 is 0 Å². The third kappa shape index (κ3) is 1.54. The molecular formula is C3H4O. The molecule has 1 heteroatoms. The van der Waals surface area contributed by atoms with Gasteiger partial charge in [-0.25, -0.2) is 0 Å². The zero-order chi connectivity index (χ0) is 3.41. The molecule has 0 spiro atoms. The number of hydrogen-bond acceptors (Lipinski definition) is 1. The first-order valence-corrected chi connectivity index (χ1v) is 0.880. The van der Waals surface area contributed by atoms with Crippen LogP contribution in [-0.2, 0) is 4.74 Å². The van der Waals surface area contributed by atoms with Gasteiger partial charge in [-0.05, 0) is 0 Å². The monoisotopic (exact) mass is 56.0 g/mol. The molecule has 2 radical (unpaired) electrons. The van der Waals surface area contributed by atoms with Crippen LogP contribution in [0.1, 0.15) is 0 Å². The highest BCUT2D eigenvalue weighted by Crippen LogP contribution is 1.56. The summed E-state index contributed by atoms with van der Waals surface area (Å²) in [5.74, 6) is 0. The van der Waals surface area contributed by atoms with Crippen molar-refractivity contribution in [1.82, 2.24) is 0 Å². The molecule has 4 heavy (non-hydrogen) atoms. The summed E-state index contributed by atoms with van der Waals surface area (Å²) in [6, 6.07) is 0. The van der Waals surface area contributed by atoms with Crippen LogP contribution in [0.15, 0.2) is 12.8 Å².